The van der Waals surface area contributed by atoms with E-state index in [-0.39, 0.29) is 11.3 Å². The lowest BCUT2D eigenvalue weighted by Gasteiger charge is -2.02. The van der Waals surface area contributed by atoms with Crippen molar-refractivity contribution >= 4 is 0 Å². The summed E-state index contributed by atoms with van der Waals surface area (Å²) >= 11 is 0. The Morgan fingerprint density at radius 2 is 1.75 bits per heavy atom. The van der Waals surface area contributed by atoms with Crippen LogP contribution >= 0.6 is 0 Å². The first kappa shape index (κ1) is 12.5. The molecule has 0 spiro atoms. The summed E-state index contributed by atoms with van der Waals surface area (Å²) in [6, 6.07) is 10.8. The number of nitrogens with zero attached hydrogens (tertiary/aromatic N) is 3. The molecule has 2 aromatic heterocycles. The van der Waals surface area contributed by atoms with Crippen molar-refractivity contribution in [1.29, 1.82) is 0 Å². The number of aromatic nitrogens is 3. The van der Waals surface area contributed by atoms with Crippen molar-refractivity contribution < 1.29 is 8.78 Å². The fourth-order valence-electron chi connectivity index (χ4n) is 2.05. The Bertz CT molecular complexity index is 731. The van der Waals surface area contributed by atoms with Gasteiger partial charge in [-0.2, -0.15) is 5.10 Å². The average Bonchev–Trinajstić information content (AvgIpc) is 2.81. The SMILES string of the molecule is Cc1cc(-c2c(F)cccc2F)nn1-c1ccccn1. The van der Waals surface area contributed by atoms with Crippen LogP contribution in [0.2, 0.25) is 0 Å². The first-order valence-electron chi connectivity index (χ1n) is 6.09. The maximum atomic E-state index is 13.8. The van der Waals surface area contributed by atoms with Gasteiger partial charge in [0.05, 0.1) is 11.3 Å². The van der Waals surface area contributed by atoms with E-state index in [9.17, 15) is 8.78 Å². The topological polar surface area (TPSA) is 30.7 Å². The van der Waals surface area contributed by atoms with Crippen molar-refractivity contribution in [3.8, 4) is 17.1 Å². The van der Waals surface area contributed by atoms with E-state index in [0.29, 0.717) is 5.82 Å². The van der Waals surface area contributed by atoms with Crippen LogP contribution < -0.4 is 0 Å². The number of benzene rings is 1. The summed E-state index contributed by atoms with van der Waals surface area (Å²) in [7, 11) is 0. The van der Waals surface area contributed by atoms with Crippen LogP contribution in [-0.2, 0) is 0 Å². The molecule has 0 aliphatic carbocycles. The van der Waals surface area contributed by atoms with Gasteiger partial charge in [0.1, 0.15) is 11.6 Å². The first-order chi connectivity index (χ1) is 9.66. The van der Waals surface area contributed by atoms with Gasteiger partial charge in [-0.3, -0.25) is 0 Å². The predicted octanol–water partition coefficient (Wildman–Crippen LogP) is 3.52. The molecule has 0 bridgehead atoms. The molecule has 0 unspecified atom stereocenters. The Hall–Kier alpha value is -2.56. The Kier molecular flexibility index (Phi) is 3.02. The first-order valence-corrected chi connectivity index (χ1v) is 6.09. The number of hydrogen-bond acceptors (Lipinski definition) is 2. The maximum absolute atomic E-state index is 13.8. The molecule has 20 heavy (non-hydrogen) atoms. The second-order valence-corrected chi connectivity index (χ2v) is 4.37. The molecule has 0 N–H and O–H groups in total. The largest absolute Gasteiger partial charge is 0.237 e. The van der Waals surface area contributed by atoms with Crippen LogP contribution in [0.4, 0.5) is 8.78 Å². The molecule has 100 valence electrons. The van der Waals surface area contributed by atoms with Gasteiger partial charge < -0.3 is 0 Å². The predicted molar refractivity (Wildman–Crippen MR) is 71.4 cm³/mol. The molecule has 0 radical (unpaired) electrons. The molecule has 0 saturated heterocycles. The van der Waals surface area contributed by atoms with Gasteiger partial charge >= 0.3 is 0 Å². The second-order valence-electron chi connectivity index (χ2n) is 4.37. The van der Waals surface area contributed by atoms with Crippen LogP contribution in [0.5, 0.6) is 0 Å². The zero-order chi connectivity index (χ0) is 14.1. The summed E-state index contributed by atoms with van der Waals surface area (Å²) in [6.45, 7) is 1.81. The second kappa shape index (κ2) is 4.85. The minimum atomic E-state index is -0.629. The minimum Gasteiger partial charge on any atom is -0.237 e. The van der Waals surface area contributed by atoms with Crippen LogP contribution in [0.3, 0.4) is 0 Å². The van der Waals surface area contributed by atoms with E-state index < -0.39 is 11.6 Å². The van der Waals surface area contributed by atoms with Crippen molar-refractivity contribution in [2.45, 2.75) is 6.92 Å². The highest BCUT2D eigenvalue weighted by molar-refractivity contribution is 5.61. The Balaban J connectivity index is 2.15. The summed E-state index contributed by atoms with van der Waals surface area (Å²) < 4.78 is 29.1. The van der Waals surface area contributed by atoms with Gasteiger partial charge in [0, 0.05) is 11.9 Å². The zero-order valence-corrected chi connectivity index (χ0v) is 10.7. The molecule has 0 aliphatic rings. The summed E-state index contributed by atoms with van der Waals surface area (Å²) in [4.78, 5) is 4.17. The Morgan fingerprint density at radius 1 is 1.00 bits per heavy atom. The van der Waals surface area contributed by atoms with Gasteiger partial charge in [-0.05, 0) is 37.3 Å². The van der Waals surface area contributed by atoms with Crippen LogP contribution in [0.15, 0.2) is 48.7 Å². The Morgan fingerprint density at radius 3 is 2.40 bits per heavy atom. The smallest absolute Gasteiger partial charge is 0.153 e. The molecule has 3 rings (SSSR count). The van der Waals surface area contributed by atoms with E-state index in [0.717, 1.165) is 5.69 Å². The number of hydrogen-bond donors (Lipinski definition) is 0. The highest BCUT2D eigenvalue weighted by Gasteiger charge is 2.16. The van der Waals surface area contributed by atoms with Gasteiger partial charge in [0.2, 0.25) is 0 Å². The van der Waals surface area contributed by atoms with E-state index in [1.807, 2.05) is 13.0 Å². The molecule has 0 fully saturated rings. The van der Waals surface area contributed by atoms with Crippen LogP contribution in [0.1, 0.15) is 5.69 Å². The van der Waals surface area contributed by atoms with Crippen LogP contribution in [0.25, 0.3) is 17.1 Å². The standard InChI is InChI=1S/C15H11F2N3/c1-10-9-13(15-11(16)5-4-6-12(15)17)19-20(10)14-7-2-3-8-18-14/h2-9H,1H3. The summed E-state index contributed by atoms with van der Waals surface area (Å²) in [5, 5.41) is 4.25. The quantitative estimate of drug-likeness (QED) is 0.714. The van der Waals surface area contributed by atoms with Crippen molar-refractivity contribution in [3.63, 3.8) is 0 Å². The number of aryl methyl sites for hydroxylation is 1. The molecule has 2 heterocycles. The molecule has 0 saturated carbocycles. The van der Waals surface area contributed by atoms with Crippen molar-refractivity contribution in [1.82, 2.24) is 14.8 Å². The number of pyridine rings is 1. The highest BCUT2D eigenvalue weighted by atomic mass is 19.1. The van der Waals surface area contributed by atoms with E-state index in [2.05, 4.69) is 10.1 Å². The number of halogens is 2. The van der Waals surface area contributed by atoms with Gasteiger partial charge in [0.15, 0.2) is 5.82 Å². The molecule has 3 nitrogen and oxygen atoms in total. The van der Waals surface area contributed by atoms with Crippen molar-refractivity contribution in [2.75, 3.05) is 0 Å². The van der Waals surface area contributed by atoms with Crippen molar-refractivity contribution in [2.24, 2.45) is 0 Å². The normalized spacial score (nSPS) is 10.8. The fourth-order valence-corrected chi connectivity index (χ4v) is 2.05. The Labute approximate surface area is 114 Å². The number of rotatable bonds is 2. The summed E-state index contributed by atoms with van der Waals surface area (Å²) in [5.41, 5.74) is 0.885. The third-order valence-corrected chi connectivity index (χ3v) is 2.97. The van der Waals surface area contributed by atoms with E-state index >= 15 is 0 Å². The van der Waals surface area contributed by atoms with Gasteiger partial charge in [-0.15, -0.1) is 0 Å². The third-order valence-electron chi connectivity index (χ3n) is 2.97. The summed E-state index contributed by atoms with van der Waals surface area (Å²) in [6.07, 6.45) is 1.64. The molecule has 0 atom stereocenters. The monoisotopic (exact) mass is 271 g/mol. The molecule has 3 aromatic rings. The van der Waals surface area contributed by atoms with Crippen molar-refractivity contribution in [3.05, 3.63) is 66.0 Å². The maximum Gasteiger partial charge on any atom is 0.153 e. The summed E-state index contributed by atoms with van der Waals surface area (Å²) in [5.74, 6) is -0.653. The van der Waals surface area contributed by atoms with Gasteiger partial charge in [-0.25, -0.2) is 18.4 Å². The van der Waals surface area contributed by atoms with E-state index in [1.54, 1.807) is 29.1 Å². The third kappa shape index (κ3) is 2.07. The van der Waals surface area contributed by atoms with Crippen LogP contribution in [0, 0.1) is 18.6 Å². The minimum absolute atomic E-state index is 0.120. The lowest BCUT2D eigenvalue weighted by Crippen LogP contribution is -2.01. The molecular formula is C15H11F2N3. The lowest BCUT2D eigenvalue weighted by atomic mass is 10.1. The zero-order valence-electron chi connectivity index (χ0n) is 10.7. The highest BCUT2D eigenvalue weighted by Crippen LogP contribution is 2.26. The van der Waals surface area contributed by atoms with E-state index in [1.165, 1.54) is 18.2 Å². The molecular weight excluding hydrogens is 260 g/mol. The van der Waals surface area contributed by atoms with E-state index in [4.69, 9.17) is 0 Å². The lowest BCUT2D eigenvalue weighted by molar-refractivity contribution is 0.588. The molecule has 5 heteroatoms. The van der Waals surface area contributed by atoms with Crippen LogP contribution in [-0.4, -0.2) is 14.8 Å². The molecule has 0 amide bonds. The average molecular weight is 271 g/mol. The fraction of sp³-hybridized carbons (Fsp3) is 0.0667. The molecule has 1 aromatic carbocycles. The van der Waals surface area contributed by atoms with Gasteiger partial charge in [0.25, 0.3) is 0 Å². The molecule has 0 aliphatic heterocycles. The van der Waals surface area contributed by atoms with Gasteiger partial charge in [-0.1, -0.05) is 12.1 Å².